The second kappa shape index (κ2) is 9.50. The van der Waals surface area contributed by atoms with Gasteiger partial charge in [-0.3, -0.25) is 0 Å². The minimum atomic E-state index is -1.57. The van der Waals surface area contributed by atoms with Crippen LogP contribution in [-0.2, 0) is 21.8 Å². The molecule has 0 N–H and O–H groups in total. The van der Waals surface area contributed by atoms with Gasteiger partial charge >= 0.3 is 157 Å². The van der Waals surface area contributed by atoms with E-state index in [9.17, 15) is 0 Å². The third-order valence-electron chi connectivity index (χ3n) is 6.69. The van der Waals surface area contributed by atoms with Crippen LogP contribution >= 0.6 is 0 Å². The van der Waals surface area contributed by atoms with Crippen molar-refractivity contribution in [3.05, 3.63) is 72.4 Å². The summed E-state index contributed by atoms with van der Waals surface area (Å²) in [4.78, 5) is 0. The van der Waals surface area contributed by atoms with Gasteiger partial charge in [0.2, 0.25) is 0 Å². The first kappa shape index (κ1) is 20.1. The Kier molecular flexibility index (Phi) is 7.33. The molecule has 26 heavy (non-hydrogen) atoms. The van der Waals surface area contributed by atoms with Gasteiger partial charge in [0.15, 0.2) is 0 Å². The molecule has 0 heterocycles. The van der Waals surface area contributed by atoms with Crippen molar-refractivity contribution < 1.29 is 21.8 Å². The van der Waals surface area contributed by atoms with Crippen LogP contribution in [0.15, 0.2) is 72.4 Å². The SMILES string of the molecule is C=C.CC(C)=C[CH2][Zr]([CH]1CCC2CC=CC=C21)[CH]1CCC2CC=CC=C21. The Bertz CT molecular complexity index is 595. The van der Waals surface area contributed by atoms with E-state index >= 15 is 0 Å². The fraction of sp³-hybridized carbons (Fsp3) is 0.520. The van der Waals surface area contributed by atoms with Crippen molar-refractivity contribution in [2.24, 2.45) is 11.8 Å². The van der Waals surface area contributed by atoms with E-state index in [1.807, 2.05) is 11.1 Å². The molecule has 139 valence electrons. The molecule has 1 heteroatoms. The molecule has 4 aliphatic rings. The molecule has 0 aromatic rings. The predicted octanol–water partition coefficient (Wildman–Crippen LogP) is 7.96. The fourth-order valence-electron chi connectivity index (χ4n) is 5.48. The number of fused-ring (bicyclic) bond motifs is 2. The summed E-state index contributed by atoms with van der Waals surface area (Å²) in [5, 5.41) is 0. The standard InChI is InChI=1S/2C9H11.C5H9.C2H4.Zr/c2*1-2-5-9-7-3-6-8(9)4-1;1-4-5(2)3;1-2;/h2*1-2,4,6,9H,3,5,7H2;4H,1H2,2-3H3;1-2H2;. The minimum absolute atomic E-state index is 0.903. The van der Waals surface area contributed by atoms with E-state index in [0.717, 1.165) is 19.1 Å². The third kappa shape index (κ3) is 4.25. The molecule has 4 rings (SSSR count). The molecule has 2 fully saturated rings. The molecular weight excluding hydrogens is 391 g/mol. The van der Waals surface area contributed by atoms with Gasteiger partial charge in [-0.05, 0) is 0 Å². The predicted molar refractivity (Wildman–Crippen MR) is 112 cm³/mol. The van der Waals surface area contributed by atoms with Crippen LogP contribution in [0.3, 0.4) is 0 Å². The molecule has 0 aromatic heterocycles. The zero-order valence-corrected chi connectivity index (χ0v) is 19.2. The maximum atomic E-state index is 3.00. The molecule has 4 unspecified atom stereocenters. The summed E-state index contributed by atoms with van der Waals surface area (Å²) in [7, 11) is 0. The van der Waals surface area contributed by atoms with E-state index in [-0.39, 0.29) is 0 Å². The van der Waals surface area contributed by atoms with Gasteiger partial charge in [-0.1, -0.05) is 0 Å². The van der Waals surface area contributed by atoms with Crippen molar-refractivity contribution >= 4 is 0 Å². The Morgan fingerprint density at radius 1 is 0.923 bits per heavy atom. The fourth-order valence-corrected chi connectivity index (χ4v) is 16.0. The quantitative estimate of drug-likeness (QED) is 0.400. The first-order valence-corrected chi connectivity index (χ1v) is 15.0. The molecular formula is C25H35Zr. The van der Waals surface area contributed by atoms with Crippen LogP contribution in [0.5, 0.6) is 0 Å². The first-order valence-electron chi connectivity index (χ1n) is 10.5. The first-order chi connectivity index (χ1) is 12.7. The summed E-state index contributed by atoms with van der Waals surface area (Å²) in [6.07, 6.45) is 25.7. The average Bonchev–Trinajstić information content (AvgIpc) is 3.29. The van der Waals surface area contributed by atoms with Crippen molar-refractivity contribution in [3.63, 3.8) is 0 Å². The van der Waals surface area contributed by atoms with Gasteiger partial charge in [0.1, 0.15) is 0 Å². The number of hydrogen-bond acceptors (Lipinski definition) is 0. The summed E-state index contributed by atoms with van der Waals surface area (Å²) >= 11 is -1.57. The van der Waals surface area contributed by atoms with Crippen LogP contribution in [-0.4, -0.2) is 0 Å². The monoisotopic (exact) mass is 425 g/mol. The van der Waals surface area contributed by atoms with Crippen molar-refractivity contribution in [1.82, 2.24) is 0 Å². The number of hydrogen-bond donors (Lipinski definition) is 0. The molecule has 0 aromatic carbocycles. The average molecular weight is 427 g/mol. The van der Waals surface area contributed by atoms with Gasteiger partial charge in [0.05, 0.1) is 0 Å². The zero-order chi connectivity index (χ0) is 18.5. The Hall–Kier alpha value is -0.677. The molecule has 4 aliphatic carbocycles. The summed E-state index contributed by atoms with van der Waals surface area (Å²) < 4.78 is 3.52. The van der Waals surface area contributed by atoms with Gasteiger partial charge < -0.3 is 0 Å². The summed E-state index contributed by atoms with van der Waals surface area (Å²) in [6, 6.07) is 0. The molecule has 0 spiro atoms. The Balaban J connectivity index is 0.000000948. The van der Waals surface area contributed by atoms with E-state index in [1.165, 1.54) is 48.2 Å². The summed E-state index contributed by atoms with van der Waals surface area (Å²) in [5.41, 5.74) is 5.29. The van der Waals surface area contributed by atoms with Crippen molar-refractivity contribution in [1.29, 1.82) is 0 Å². The molecule has 0 aliphatic heterocycles. The summed E-state index contributed by atoms with van der Waals surface area (Å²) in [6.45, 7) is 10.6. The van der Waals surface area contributed by atoms with E-state index in [4.69, 9.17) is 0 Å². The number of allylic oxidation sites excluding steroid dienone is 10. The van der Waals surface area contributed by atoms with Crippen LogP contribution in [0.4, 0.5) is 0 Å². The molecule has 0 amide bonds. The topological polar surface area (TPSA) is 0 Å². The van der Waals surface area contributed by atoms with E-state index in [1.54, 1.807) is 0 Å². The van der Waals surface area contributed by atoms with Crippen LogP contribution in [0, 0.1) is 11.8 Å². The maximum absolute atomic E-state index is 3.00. The van der Waals surface area contributed by atoms with Crippen molar-refractivity contribution in [2.45, 2.75) is 63.8 Å². The molecule has 0 saturated heterocycles. The third-order valence-corrected chi connectivity index (χ3v) is 15.8. The Morgan fingerprint density at radius 3 is 1.88 bits per heavy atom. The molecule has 0 nitrogen and oxygen atoms in total. The Morgan fingerprint density at radius 2 is 1.42 bits per heavy atom. The van der Waals surface area contributed by atoms with Crippen LogP contribution in [0.25, 0.3) is 0 Å². The normalized spacial score (nSPS) is 31.2. The van der Waals surface area contributed by atoms with Crippen LogP contribution in [0.1, 0.15) is 52.4 Å². The van der Waals surface area contributed by atoms with Gasteiger partial charge in [-0.2, -0.15) is 0 Å². The van der Waals surface area contributed by atoms with Gasteiger partial charge in [-0.25, -0.2) is 0 Å². The van der Waals surface area contributed by atoms with Crippen molar-refractivity contribution in [2.75, 3.05) is 0 Å². The van der Waals surface area contributed by atoms with Gasteiger partial charge in [-0.15, -0.1) is 13.2 Å². The second-order valence-electron chi connectivity index (χ2n) is 8.38. The molecule has 0 bridgehead atoms. The van der Waals surface area contributed by atoms with E-state index < -0.39 is 21.8 Å². The Labute approximate surface area is 169 Å². The van der Waals surface area contributed by atoms with E-state index in [0.29, 0.717) is 0 Å². The van der Waals surface area contributed by atoms with Gasteiger partial charge in [0.25, 0.3) is 0 Å². The van der Waals surface area contributed by atoms with Crippen LogP contribution < -0.4 is 0 Å². The molecule has 2 saturated carbocycles. The van der Waals surface area contributed by atoms with Gasteiger partial charge in [0, 0.05) is 0 Å². The second-order valence-corrected chi connectivity index (χ2v) is 15.6. The molecule has 4 atom stereocenters. The molecule has 0 radical (unpaired) electrons. The number of rotatable bonds is 4. The zero-order valence-electron chi connectivity index (χ0n) is 16.7. The summed E-state index contributed by atoms with van der Waals surface area (Å²) in [5.74, 6) is 1.81. The van der Waals surface area contributed by atoms with Crippen molar-refractivity contribution in [3.8, 4) is 0 Å². The van der Waals surface area contributed by atoms with Crippen LogP contribution in [0.2, 0.25) is 11.4 Å². The van der Waals surface area contributed by atoms with E-state index in [2.05, 4.69) is 69.5 Å².